The van der Waals surface area contributed by atoms with Crippen molar-refractivity contribution in [3.8, 4) is 23.0 Å². The molecule has 3 aromatic rings. The molecule has 0 aliphatic carbocycles. The summed E-state index contributed by atoms with van der Waals surface area (Å²) in [6.07, 6.45) is 0. The molecule has 3 rings (SSSR count). The van der Waals surface area contributed by atoms with Gasteiger partial charge in [-0.15, -0.1) is 0 Å². The van der Waals surface area contributed by atoms with Crippen molar-refractivity contribution in [2.24, 2.45) is 0 Å². The normalized spacial score (nSPS) is 11.9. The number of hydrogen-bond acceptors (Lipinski definition) is 2. The van der Waals surface area contributed by atoms with E-state index in [1.807, 2.05) is 48.5 Å². The van der Waals surface area contributed by atoms with E-state index in [4.69, 9.17) is 9.47 Å². The van der Waals surface area contributed by atoms with Crippen LogP contribution in [0.1, 0.15) is 52.7 Å². The third kappa shape index (κ3) is 4.75. The fourth-order valence-electron chi connectivity index (χ4n) is 3.21. The second kappa shape index (κ2) is 7.71. The van der Waals surface area contributed by atoms with Crippen LogP contribution in [0, 0.1) is 0 Å². The number of rotatable bonds is 4. The predicted molar refractivity (Wildman–Crippen MR) is 117 cm³/mol. The molecule has 0 aliphatic rings. The maximum absolute atomic E-state index is 6.23. The van der Waals surface area contributed by atoms with Gasteiger partial charge in [-0.1, -0.05) is 84.0 Å². The lowest BCUT2D eigenvalue weighted by Crippen LogP contribution is -2.12. The topological polar surface area (TPSA) is 18.5 Å². The lowest BCUT2D eigenvalue weighted by Gasteiger charge is -2.23. The van der Waals surface area contributed by atoms with E-state index < -0.39 is 0 Å². The van der Waals surface area contributed by atoms with Crippen LogP contribution in [-0.2, 0) is 10.8 Å². The first-order valence-electron chi connectivity index (χ1n) is 9.79. The first-order chi connectivity index (χ1) is 13.1. The Morgan fingerprint density at radius 2 is 0.893 bits per heavy atom. The van der Waals surface area contributed by atoms with Gasteiger partial charge >= 0.3 is 0 Å². The summed E-state index contributed by atoms with van der Waals surface area (Å²) in [6, 6.07) is 24.2. The SMILES string of the molecule is CC(C)(C)c1ccccc1Oc1cccc(Oc2ccccc2C(C)(C)C)c1. The maximum Gasteiger partial charge on any atom is 0.131 e. The van der Waals surface area contributed by atoms with Gasteiger partial charge in [0.25, 0.3) is 0 Å². The Kier molecular flexibility index (Phi) is 5.51. The molecule has 2 heteroatoms. The molecule has 0 fully saturated rings. The number of para-hydroxylation sites is 2. The van der Waals surface area contributed by atoms with Gasteiger partial charge in [-0.25, -0.2) is 0 Å². The van der Waals surface area contributed by atoms with Crippen molar-refractivity contribution < 1.29 is 9.47 Å². The van der Waals surface area contributed by atoms with Crippen molar-refractivity contribution in [1.29, 1.82) is 0 Å². The summed E-state index contributed by atoms with van der Waals surface area (Å²) < 4.78 is 12.5. The molecule has 2 nitrogen and oxygen atoms in total. The Bertz CT molecular complexity index is 868. The van der Waals surface area contributed by atoms with E-state index >= 15 is 0 Å². The summed E-state index contributed by atoms with van der Waals surface area (Å²) in [6.45, 7) is 13.2. The van der Waals surface area contributed by atoms with Crippen LogP contribution in [0.25, 0.3) is 0 Å². The van der Waals surface area contributed by atoms with Crippen LogP contribution in [0.4, 0.5) is 0 Å². The largest absolute Gasteiger partial charge is 0.457 e. The standard InChI is InChI=1S/C26H30O2/c1-25(2,3)21-14-7-9-16-23(21)27-19-12-11-13-20(18-19)28-24-17-10-8-15-22(24)26(4,5)6/h7-18H,1-6H3. The fourth-order valence-corrected chi connectivity index (χ4v) is 3.21. The quantitative estimate of drug-likeness (QED) is 0.462. The van der Waals surface area contributed by atoms with Gasteiger partial charge in [0.05, 0.1) is 0 Å². The Hall–Kier alpha value is -2.74. The van der Waals surface area contributed by atoms with Crippen LogP contribution in [-0.4, -0.2) is 0 Å². The molecule has 0 N–H and O–H groups in total. The van der Waals surface area contributed by atoms with Gasteiger partial charge in [0, 0.05) is 17.2 Å². The Balaban J connectivity index is 1.88. The molecular formula is C26H30O2. The fraction of sp³-hybridized carbons (Fsp3) is 0.308. The molecule has 0 saturated heterocycles. The first-order valence-corrected chi connectivity index (χ1v) is 9.79. The van der Waals surface area contributed by atoms with E-state index in [1.54, 1.807) is 0 Å². The van der Waals surface area contributed by atoms with E-state index in [2.05, 4.69) is 65.8 Å². The third-order valence-corrected chi connectivity index (χ3v) is 4.65. The van der Waals surface area contributed by atoms with E-state index in [1.165, 1.54) is 11.1 Å². The van der Waals surface area contributed by atoms with Crippen molar-refractivity contribution in [1.82, 2.24) is 0 Å². The van der Waals surface area contributed by atoms with Crippen LogP contribution in [0.3, 0.4) is 0 Å². The second-order valence-corrected chi connectivity index (χ2v) is 9.17. The predicted octanol–water partition coefficient (Wildman–Crippen LogP) is 7.87. The lowest BCUT2D eigenvalue weighted by atomic mass is 9.86. The van der Waals surface area contributed by atoms with Gasteiger partial charge in [-0.05, 0) is 35.1 Å². The minimum atomic E-state index is 0.0103. The van der Waals surface area contributed by atoms with Gasteiger partial charge < -0.3 is 9.47 Å². The highest BCUT2D eigenvalue weighted by molar-refractivity contribution is 5.45. The zero-order valence-electron chi connectivity index (χ0n) is 17.7. The molecular weight excluding hydrogens is 344 g/mol. The Labute approximate surface area is 169 Å². The highest BCUT2D eigenvalue weighted by atomic mass is 16.5. The van der Waals surface area contributed by atoms with Crippen molar-refractivity contribution in [3.63, 3.8) is 0 Å². The lowest BCUT2D eigenvalue weighted by molar-refractivity contribution is 0.437. The minimum Gasteiger partial charge on any atom is -0.457 e. The Morgan fingerprint density at radius 1 is 0.500 bits per heavy atom. The number of benzene rings is 3. The highest BCUT2D eigenvalue weighted by Crippen LogP contribution is 2.37. The van der Waals surface area contributed by atoms with E-state index in [-0.39, 0.29) is 10.8 Å². The van der Waals surface area contributed by atoms with Crippen molar-refractivity contribution in [2.75, 3.05) is 0 Å². The monoisotopic (exact) mass is 374 g/mol. The average molecular weight is 375 g/mol. The summed E-state index contributed by atoms with van der Waals surface area (Å²) in [4.78, 5) is 0. The molecule has 0 atom stereocenters. The molecule has 0 unspecified atom stereocenters. The van der Waals surface area contributed by atoms with Crippen LogP contribution in [0.2, 0.25) is 0 Å². The second-order valence-electron chi connectivity index (χ2n) is 9.17. The molecule has 0 radical (unpaired) electrons. The van der Waals surface area contributed by atoms with Gasteiger partial charge in [0.15, 0.2) is 0 Å². The molecule has 0 saturated carbocycles. The van der Waals surface area contributed by atoms with E-state index in [0.717, 1.165) is 23.0 Å². The van der Waals surface area contributed by atoms with E-state index in [0.29, 0.717) is 0 Å². The third-order valence-electron chi connectivity index (χ3n) is 4.65. The maximum atomic E-state index is 6.23. The van der Waals surface area contributed by atoms with Crippen LogP contribution in [0.5, 0.6) is 23.0 Å². The molecule has 0 bridgehead atoms. The van der Waals surface area contributed by atoms with Gasteiger partial charge in [-0.2, -0.15) is 0 Å². The van der Waals surface area contributed by atoms with Crippen LogP contribution in [0.15, 0.2) is 72.8 Å². The van der Waals surface area contributed by atoms with Crippen LogP contribution < -0.4 is 9.47 Å². The van der Waals surface area contributed by atoms with Crippen molar-refractivity contribution >= 4 is 0 Å². The van der Waals surface area contributed by atoms with Crippen molar-refractivity contribution in [3.05, 3.63) is 83.9 Å². The summed E-state index contributed by atoms with van der Waals surface area (Å²) in [5, 5.41) is 0. The summed E-state index contributed by atoms with van der Waals surface area (Å²) in [7, 11) is 0. The molecule has 0 aliphatic heterocycles. The summed E-state index contributed by atoms with van der Waals surface area (Å²) in [5.74, 6) is 3.29. The molecule has 3 aromatic carbocycles. The average Bonchev–Trinajstić information content (AvgIpc) is 2.61. The molecule has 0 heterocycles. The molecule has 0 aromatic heterocycles. The number of hydrogen-bond donors (Lipinski definition) is 0. The van der Waals surface area contributed by atoms with Gasteiger partial charge in [0.1, 0.15) is 23.0 Å². The first kappa shape index (κ1) is 20.0. The summed E-state index contributed by atoms with van der Waals surface area (Å²) >= 11 is 0. The van der Waals surface area contributed by atoms with E-state index in [9.17, 15) is 0 Å². The highest BCUT2D eigenvalue weighted by Gasteiger charge is 2.20. The zero-order valence-corrected chi connectivity index (χ0v) is 17.7. The van der Waals surface area contributed by atoms with Crippen molar-refractivity contribution in [2.45, 2.75) is 52.4 Å². The Morgan fingerprint density at radius 3 is 1.29 bits per heavy atom. The molecule has 0 spiro atoms. The minimum absolute atomic E-state index is 0.0103. The number of ether oxygens (including phenoxy) is 2. The smallest absolute Gasteiger partial charge is 0.131 e. The van der Waals surface area contributed by atoms with Gasteiger partial charge in [-0.3, -0.25) is 0 Å². The van der Waals surface area contributed by atoms with Crippen LogP contribution >= 0.6 is 0 Å². The van der Waals surface area contributed by atoms with Gasteiger partial charge in [0.2, 0.25) is 0 Å². The molecule has 28 heavy (non-hydrogen) atoms. The molecule has 0 amide bonds. The zero-order chi connectivity index (χ0) is 20.4. The summed E-state index contributed by atoms with van der Waals surface area (Å²) in [5.41, 5.74) is 2.38. The molecule has 146 valence electrons.